The lowest BCUT2D eigenvalue weighted by Gasteiger charge is -2.18. The molecule has 1 unspecified atom stereocenters. The van der Waals surface area contributed by atoms with Crippen LogP contribution in [-0.4, -0.2) is 37.2 Å². The van der Waals surface area contributed by atoms with Gasteiger partial charge in [0.25, 0.3) is 0 Å². The Morgan fingerprint density at radius 3 is 0.802 bits per heavy atom. The van der Waals surface area contributed by atoms with Crippen LogP contribution in [0.15, 0.2) is 109 Å². The summed E-state index contributed by atoms with van der Waals surface area (Å²) in [6, 6.07) is 0. The van der Waals surface area contributed by atoms with E-state index in [1.165, 1.54) is 167 Å². The number of ether oxygens (including phenoxy) is 3. The molecule has 0 aliphatic carbocycles. The number of carbonyl (C=O) groups excluding carboxylic acids is 3. The van der Waals surface area contributed by atoms with E-state index in [0.717, 1.165) is 122 Å². The fraction of sp³-hybridized carbons (Fsp3) is 0.720. The van der Waals surface area contributed by atoms with Gasteiger partial charge in [0.1, 0.15) is 13.2 Å². The molecule has 0 fully saturated rings. The molecule has 0 aliphatic heterocycles. The SMILES string of the molecule is CC/C=C\C/C=C\C/C=C\C/C=C\C/C=C\C/C=C\C/C=C\C/C=C\CCCCCCCCCCC(=O)OCC(COC(=O)CCCCCCC/C=C\CCCC)OC(=O)CCCCCCCCCCCCCCCCCCCCC. The van der Waals surface area contributed by atoms with E-state index in [-0.39, 0.29) is 31.1 Å². The number of hydrogen-bond acceptors (Lipinski definition) is 6. The van der Waals surface area contributed by atoms with Crippen LogP contribution >= 0.6 is 0 Å². The van der Waals surface area contributed by atoms with Gasteiger partial charge in [-0.15, -0.1) is 0 Å². The van der Waals surface area contributed by atoms with Gasteiger partial charge in [-0.1, -0.05) is 316 Å². The Bertz CT molecular complexity index is 1620. The Hall–Kier alpha value is -3.93. The molecule has 0 aliphatic rings. The molecule has 1 atom stereocenters. The van der Waals surface area contributed by atoms with Gasteiger partial charge in [-0.2, -0.15) is 0 Å². The number of allylic oxidation sites excluding steroid dienone is 18. The topological polar surface area (TPSA) is 78.9 Å². The van der Waals surface area contributed by atoms with Gasteiger partial charge in [-0.25, -0.2) is 0 Å². The quantitative estimate of drug-likeness (QED) is 0.0261. The Kier molecular flexibility index (Phi) is 65.2. The molecule has 0 N–H and O–H groups in total. The summed E-state index contributed by atoms with van der Waals surface area (Å²) >= 11 is 0. The molecule has 81 heavy (non-hydrogen) atoms. The molecule has 0 aromatic rings. The van der Waals surface area contributed by atoms with Crippen LogP contribution in [0.4, 0.5) is 0 Å². The lowest BCUT2D eigenvalue weighted by atomic mass is 10.0. The predicted octanol–water partition coefficient (Wildman–Crippen LogP) is 23.8. The molecule has 0 spiro atoms. The van der Waals surface area contributed by atoms with Crippen LogP contribution < -0.4 is 0 Å². The normalized spacial score (nSPS) is 12.8. The van der Waals surface area contributed by atoms with Crippen molar-refractivity contribution in [2.75, 3.05) is 13.2 Å². The Balaban J connectivity index is 4.24. The number of hydrogen-bond donors (Lipinski definition) is 0. The Labute approximate surface area is 501 Å². The second-order valence-corrected chi connectivity index (χ2v) is 22.7. The Morgan fingerprint density at radius 2 is 0.494 bits per heavy atom. The zero-order valence-electron chi connectivity index (χ0n) is 53.3. The zero-order chi connectivity index (χ0) is 58.5. The van der Waals surface area contributed by atoms with Crippen molar-refractivity contribution in [3.05, 3.63) is 109 Å². The average molecular weight is 1130 g/mol. The first kappa shape index (κ1) is 77.1. The van der Waals surface area contributed by atoms with E-state index in [0.29, 0.717) is 19.3 Å². The van der Waals surface area contributed by atoms with E-state index in [2.05, 4.69) is 130 Å². The van der Waals surface area contributed by atoms with Crippen LogP contribution in [0.3, 0.4) is 0 Å². The van der Waals surface area contributed by atoms with Crippen molar-refractivity contribution >= 4 is 17.9 Å². The summed E-state index contributed by atoms with van der Waals surface area (Å²) in [6.45, 7) is 6.51. The minimum absolute atomic E-state index is 0.0820. The largest absolute Gasteiger partial charge is 0.462 e. The van der Waals surface area contributed by atoms with Gasteiger partial charge in [0.15, 0.2) is 6.10 Å². The van der Waals surface area contributed by atoms with Gasteiger partial charge in [0, 0.05) is 19.3 Å². The number of esters is 3. The molecule has 6 nitrogen and oxygen atoms in total. The summed E-state index contributed by atoms with van der Waals surface area (Å²) in [4.78, 5) is 38.3. The van der Waals surface area contributed by atoms with E-state index in [4.69, 9.17) is 14.2 Å². The van der Waals surface area contributed by atoms with Gasteiger partial charge < -0.3 is 14.2 Å². The first-order chi connectivity index (χ1) is 40.0. The molecule has 0 radical (unpaired) electrons. The van der Waals surface area contributed by atoms with E-state index in [1.54, 1.807) is 0 Å². The highest BCUT2D eigenvalue weighted by molar-refractivity contribution is 5.71. The highest BCUT2D eigenvalue weighted by atomic mass is 16.6. The predicted molar refractivity (Wildman–Crippen MR) is 353 cm³/mol. The van der Waals surface area contributed by atoms with E-state index >= 15 is 0 Å². The molecule has 6 heteroatoms. The number of carbonyl (C=O) groups is 3. The third-order valence-electron chi connectivity index (χ3n) is 14.8. The summed E-state index contributed by atoms with van der Waals surface area (Å²) in [6.07, 6.45) is 94.0. The fourth-order valence-corrected chi connectivity index (χ4v) is 9.62. The molecule has 0 rings (SSSR count). The van der Waals surface area contributed by atoms with Crippen LogP contribution in [0, 0.1) is 0 Å². The van der Waals surface area contributed by atoms with Crippen molar-refractivity contribution in [1.82, 2.24) is 0 Å². The maximum Gasteiger partial charge on any atom is 0.306 e. The third kappa shape index (κ3) is 66.8. The summed E-state index contributed by atoms with van der Waals surface area (Å²) in [5.74, 6) is -0.887. The smallest absolute Gasteiger partial charge is 0.306 e. The standard InChI is InChI=1S/C75H128O6/c1-4-7-10-13-16-19-22-24-26-28-30-31-32-33-34-35-36-37-38-39-40-41-42-43-45-46-48-50-53-56-59-62-65-68-74(77)80-71-72(70-79-73(76)67-64-61-58-55-52-21-18-15-12-9-6-3)81-75(78)69-66-63-60-57-54-51-49-47-44-29-27-25-23-20-17-14-11-8-5-2/h7,10,15-16,18-19,24,26,30-31,33-34,36-37,39-40,42-43,72H,4-6,8-9,11-14,17,20-23,25,27-29,32,35,38,41,44-71H2,1-3H3/b10-7-,18-15-,19-16-,26-24-,31-30-,34-33-,37-36-,40-39-,43-42-. The minimum atomic E-state index is -0.784. The van der Waals surface area contributed by atoms with Crippen molar-refractivity contribution in [2.45, 2.75) is 335 Å². The first-order valence-electron chi connectivity index (χ1n) is 34.4. The van der Waals surface area contributed by atoms with Crippen molar-refractivity contribution in [3.63, 3.8) is 0 Å². The van der Waals surface area contributed by atoms with Crippen molar-refractivity contribution in [1.29, 1.82) is 0 Å². The zero-order valence-corrected chi connectivity index (χ0v) is 53.3. The molecule has 0 amide bonds. The molecule has 0 saturated carbocycles. The van der Waals surface area contributed by atoms with Crippen molar-refractivity contribution in [3.8, 4) is 0 Å². The molecule has 464 valence electrons. The highest BCUT2D eigenvalue weighted by Gasteiger charge is 2.19. The van der Waals surface area contributed by atoms with E-state index < -0.39 is 6.10 Å². The van der Waals surface area contributed by atoms with Crippen LogP contribution in [0.2, 0.25) is 0 Å². The number of rotatable bonds is 62. The molecular weight excluding hydrogens is 997 g/mol. The maximum atomic E-state index is 12.9. The summed E-state index contributed by atoms with van der Waals surface area (Å²) in [7, 11) is 0. The van der Waals surface area contributed by atoms with Gasteiger partial charge in [0.05, 0.1) is 0 Å². The summed E-state index contributed by atoms with van der Waals surface area (Å²) < 4.78 is 16.9. The molecule has 0 saturated heterocycles. The lowest BCUT2D eigenvalue weighted by Crippen LogP contribution is -2.30. The van der Waals surface area contributed by atoms with E-state index in [1.807, 2.05) is 0 Å². The van der Waals surface area contributed by atoms with Crippen molar-refractivity contribution in [2.24, 2.45) is 0 Å². The third-order valence-corrected chi connectivity index (χ3v) is 14.8. The van der Waals surface area contributed by atoms with Crippen LogP contribution in [0.25, 0.3) is 0 Å². The summed E-state index contributed by atoms with van der Waals surface area (Å²) in [5, 5.41) is 0. The summed E-state index contributed by atoms with van der Waals surface area (Å²) in [5.41, 5.74) is 0. The van der Waals surface area contributed by atoms with E-state index in [9.17, 15) is 14.4 Å². The van der Waals surface area contributed by atoms with Gasteiger partial charge in [-0.3, -0.25) is 14.4 Å². The van der Waals surface area contributed by atoms with Crippen molar-refractivity contribution < 1.29 is 28.6 Å². The van der Waals surface area contributed by atoms with Gasteiger partial charge in [-0.05, 0) is 103 Å². The minimum Gasteiger partial charge on any atom is -0.462 e. The fourth-order valence-electron chi connectivity index (χ4n) is 9.62. The van der Waals surface area contributed by atoms with Crippen LogP contribution in [0.1, 0.15) is 329 Å². The monoisotopic (exact) mass is 1120 g/mol. The van der Waals surface area contributed by atoms with Crippen LogP contribution in [0.5, 0.6) is 0 Å². The maximum absolute atomic E-state index is 12.9. The molecule has 0 heterocycles. The second kappa shape index (κ2) is 68.6. The highest BCUT2D eigenvalue weighted by Crippen LogP contribution is 2.17. The molecule has 0 bridgehead atoms. The molecule has 0 aromatic carbocycles. The van der Waals surface area contributed by atoms with Crippen LogP contribution in [-0.2, 0) is 28.6 Å². The molecule has 0 aromatic heterocycles. The number of unbranched alkanes of at least 4 members (excludes halogenated alkanes) is 33. The van der Waals surface area contributed by atoms with Gasteiger partial charge in [0.2, 0.25) is 0 Å². The first-order valence-corrected chi connectivity index (χ1v) is 34.4. The molecular formula is C75H128O6. The average Bonchev–Trinajstić information content (AvgIpc) is 3.47. The Morgan fingerprint density at radius 1 is 0.259 bits per heavy atom. The lowest BCUT2D eigenvalue weighted by molar-refractivity contribution is -0.167. The second-order valence-electron chi connectivity index (χ2n) is 22.7. The van der Waals surface area contributed by atoms with Gasteiger partial charge >= 0.3 is 17.9 Å².